The minimum absolute atomic E-state index is 0.0554. The summed E-state index contributed by atoms with van der Waals surface area (Å²) in [5.41, 5.74) is 1.83. The van der Waals surface area contributed by atoms with Crippen LogP contribution in [0, 0.1) is 6.92 Å². The predicted molar refractivity (Wildman–Crippen MR) is 105 cm³/mol. The monoisotopic (exact) mass is 368 g/mol. The van der Waals surface area contributed by atoms with Gasteiger partial charge >= 0.3 is 0 Å². The number of aryl methyl sites for hydroxylation is 1. The fourth-order valence-corrected chi connectivity index (χ4v) is 4.84. The summed E-state index contributed by atoms with van der Waals surface area (Å²) in [4.78, 5) is 34.9. The van der Waals surface area contributed by atoms with Crippen molar-refractivity contribution in [2.45, 2.75) is 64.6 Å². The number of carbonyl (C=O) groups excluding carboxylic acids is 1. The molecule has 2 fully saturated rings. The average molecular weight is 368 g/mol. The van der Waals surface area contributed by atoms with Crippen LogP contribution in [-0.4, -0.2) is 49.8 Å². The lowest BCUT2D eigenvalue weighted by atomic mass is 9.84. The highest BCUT2D eigenvalue weighted by atomic mass is 16.2. The molecule has 27 heavy (non-hydrogen) atoms. The third kappa shape index (κ3) is 2.96. The predicted octanol–water partition coefficient (Wildman–Crippen LogP) is 2.37. The normalized spacial score (nSPS) is 23.9. The molecule has 2 aliphatic rings. The first-order valence-electron chi connectivity index (χ1n) is 9.97. The van der Waals surface area contributed by atoms with Crippen molar-refractivity contribution in [1.29, 1.82) is 0 Å². The Morgan fingerprint density at radius 2 is 1.89 bits per heavy atom. The Labute approximate surface area is 159 Å². The van der Waals surface area contributed by atoms with Crippen LogP contribution in [0.25, 0.3) is 5.65 Å². The van der Waals surface area contributed by atoms with E-state index in [9.17, 15) is 9.59 Å². The van der Waals surface area contributed by atoms with Gasteiger partial charge in [-0.3, -0.25) is 18.9 Å². The Balaban J connectivity index is 1.67. The van der Waals surface area contributed by atoms with Gasteiger partial charge in [-0.15, -0.1) is 0 Å². The molecule has 2 aromatic heterocycles. The van der Waals surface area contributed by atoms with Crippen molar-refractivity contribution >= 4 is 11.6 Å². The Morgan fingerprint density at radius 3 is 2.63 bits per heavy atom. The van der Waals surface area contributed by atoms with E-state index in [0.29, 0.717) is 12.2 Å². The van der Waals surface area contributed by atoms with Crippen molar-refractivity contribution in [3.05, 3.63) is 46.0 Å². The van der Waals surface area contributed by atoms with Gasteiger partial charge < -0.3 is 4.90 Å². The van der Waals surface area contributed by atoms with Gasteiger partial charge in [-0.2, -0.15) is 0 Å². The van der Waals surface area contributed by atoms with Crippen molar-refractivity contribution in [3.63, 3.8) is 0 Å². The first-order chi connectivity index (χ1) is 12.9. The summed E-state index contributed by atoms with van der Waals surface area (Å²) in [6, 6.07) is 7.54. The number of fused-ring (bicyclic) bond motifs is 1. The maximum absolute atomic E-state index is 13.3. The summed E-state index contributed by atoms with van der Waals surface area (Å²) in [5, 5.41) is 0. The molecule has 4 heterocycles. The van der Waals surface area contributed by atoms with Crippen LogP contribution >= 0.6 is 0 Å². The third-order valence-electron chi connectivity index (χ3n) is 6.18. The molecule has 2 aromatic rings. The molecule has 2 saturated heterocycles. The standard InChI is InChI=1S/C21H28N4O2/c1-15(2)24-12-6-10-21(20(24)27)9-5-11-23(21)14-17-13-19(26)25-16(3)7-4-8-18(25)22-17/h4,7-8,13,15H,5-6,9-12,14H2,1-3H3. The second kappa shape index (κ2) is 6.75. The molecule has 4 rings (SSSR count). The number of amides is 1. The van der Waals surface area contributed by atoms with Gasteiger partial charge in [0.1, 0.15) is 11.2 Å². The van der Waals surface area contributed by atoms with Gasteiger partial charge in [0.2, 0.25) is 5.91 Å². The van der Waals surface area contributed by atoms with E-state index in [2.05, 4.69) is 18.7 Å². The lowest BCUT2D eigenvalue weighted by molar-refractivity contribution is -0.149. The SMILES string of the molecule is Cc1cccc2nc(CN3CCCC34CCCN(C(C)C)C4=O)cc(=O)n12. The highest BCUT2D eigenvalue weighted by Gasteiger charge is 2.51. The Kier molecular flexibility index (Phi) is 4.54. The van der Waals surface area contributed by atoms with E-state index in [0.717, 1.165) is 50.2 Å². The van der Waals surface area contributed by atoms with Crippen LogP contribution < -0.4 is 5.56 Å². The van der Waals surface area contributed by atoms with Crippen molar-refractivity contribution in [3.8, 4) is 0 Å². The van der Waals surface area contributed by atoms with Crippen molar-refractivity contribution in [2.75, 3.05) is 13.1 Å². The highest BCUT2D eigenvalue weighted by molar-refractivity contribution is 5.87. The molecule has 0 aromatic carbocycles. The molecule has 0 N–H and O–H groups in total. The van der Waals surface area contributed by atoms with Crippen molar-refractivity contribution < 1.29 is 4.79 Å². The summed E-state index contributed by atoms with van der Waals surface area (Å²) in [7, 11) is 0. The number of likely N-dealkylation sites (tertiary alicyclic amines) is 2. The number of hydrogen-bond acceptors (Lipinski definition) is 4. The molecule has 0 saturated carbocycles. The molecular formula is C21H28N4O2. The molecule has 0 radical (unpaired) electrons. The van der Waals surface area contributed by atoms with Crippen molar-refractivity contribution in [1.82, 2.24) is 19.2 Å². The molecule has 1 unspecified atom stereocenters. The fraction of sp³-hybridized carbons (Fsp3) is 0.571. The maximum atomic E-state index is 13.3. The van der Waals surface area contributed by atoms with E-state index in [-0.39, 0.29) is 17.5 Å². The molecule has 1 spiro atoms. The van der Waals surface area contributed by atoms with Gasteiger partial charge in [-0.25, -0.2) is 4.98 Å². The largest absolute Gasteiger partial charge is 0.339 e. The van der Waals surface area contributed by atoms with Crippen LogP contribution in [0.5, 0.6) is 0 Å². The third-order valence-corrected chi connectivity index (χ3v) is 6.18. The fourth-order valence-electron chi connectivity index (χ4n) is 4.84. The number of piperidine rings is 1. The van der Waals surface area contributed by atoms with Crippen molar-refractivity contribution in [2.24, 2.45) is 0 Å². The molecule has 6 heteroatoms. The zero-order chi connectivity index (χ0) is 19.2. The maximum Gasteiger partial charge on any atom is 0.258 e. The Bertz CT molecular complexity index is 935. The average Bonchev–Trinajstić information content (AvgIpc) is 3.00. The molecule has 6 nitrogen and oxygen atoms in total. The van der Waals surface area contributed by atoms with Gasteiger partial charge in [-0.1, -0.05) is 6.07 Å². The minimum Gasteiger partial charge on any atom is -0.339 e. The van der Waals surface area contributed by atoms with Gasteiger partial charge in [0, 0.05) is 30.9 Å². The summed E-state index contributed by atoms with van der Waals surface area (Å²) in [6.45, 7) is 8.37. The first kappa shape index (κ1) is 18.2. The number of hydrogen-bond donors (Lipinski definition) is 0. The van der Waals surface area contributed by atoms with Crippen LogP contribution in [0.15, 0.2) is 29.1 Å². The number of carbonyl (C=O) groups is 1. The summed E-state index contributed by atoms with van der Waals surface area (Å²) >= 11 is 0. The van der Waals surface area contributed by atoms with Crippen LogP contribution in [0.2, 0.25) is 0 Å². The van der Waals surface area contributed by atoms with Crippen LogP contribution in [-0.2, 0) is 11.3 Å². The summed E-state index contributed by atoms with van der Waals surface area (Å²) in [6.07, 6.45) is 3.86. The van der Waals surface area contributed by atoms with Crippen LogP contribution in [0.1, 0.15) is 50.9 Å². The minimum atomic E-state index is -0.415. The molecular weight excluding hydrogens is 340 g/mol. The van der Waals surface area contributed by atoms with E-state index < -0.39 is 5.54 Å². The van der Waals surface area contributed by atoms with Crippen LogP contribution in [0.3, 0.4) is 0 Å². The van der Waals surface area contributed by atoms with E-state index >= 15 is 0 Å². The van der Waals surface area contributed by atoms with Gasteiger partial charge in [0.05, 0.1) is 5.69 Å². The second-order valence-corrected chi connectivity index (χ2v) is 8.20. The van der Waals surface area contributed by atoms with E-state index in [1.165, 1.54) is 0 Å². The molecule has 0 bridgehead atoms. The topological polar surface area (TPSA) is 57.9 Å². The zero-order valence-electron chi connectivity index (χ0n) is 16.4. The highest BCUT2D eigenvalue weighted by Crippen LogP contribution is 2.39. The smallest absolute Gasteiger partial charge is 0.258 e. The molecule has 0 aliphatic carbocycles. The lowest BCUT2D eigenvalue weighted by Crippen LogP contribution is -2.61. The number of rotatable bonds is 3. The quantitative estimate of drug-likeness (QED) is 0.835. The Morgan fingerprint density at radius 1 is 1.15 bits per heavy atom. The lowest BCUT2D eigenvalue weighted by Gasteiger charge is -2.46. The second-order valence-electron chi connectivity index (χ2n) is 8.20. The number of nitrogens with zero attached hydrogens (tertiary/aromatic N) is 4. The molecule has 1 atom stereocenters. The van der Waals surface area contributed by atoms with E-state index in [1.54, 1.807) is 10.5 Å². The summed E-state index contributed by atoms with van der Waals surface area (Å²) < 4.78 is 1.63. The molecule has 1 amide bonds. The first-order valence-corrected chi connectivity index (χ1v) is 9.97. The van der Waals surface area contributed by atoms with Gasteiger partial charge in [-0.05, 0) is 65.1 Å². The van der Waals surface area contributed by atoms with Crippen LogP contribution in [0.4, 0.5) is 0 Å². The summed E-state index contributed by atoms with van der Waals surface area (Å²) in [5.74, 6) is 0.259. The Hall–Kier alpha value is -2.21. The van der Waals surface area contributed by atoms with Gasteiger partial charge in [0.15, 0.2) is 0 Å². The molecule has 2 aliphatic heterocycles. The van der Waals surface area contributed by atoms with Gasteiger partial charge in [0.25, 0.3) is 5.56 Å². The number of aromatic nitrogens is 2. The van der Waals surface area contributed by atoms with E-state index in [1.807, 2.05) is 30.0 Å². The molecule has 144 valence electrons. The zero-order valence-corrected chi connectivity index (χ0v) is 16.4. The number of pyridine rings is 1. The van der Waals surface area contributed by atoms with E-state index in [4.69, 9.17) is 4.98 Å².